The summed E-state index contributed by atoms with van der Waals surface area (Å²) in [5.74, 6) is 0.268. The summed E-state index contributed by atoms with van der Waals surface area (Å²) in [7, 11) is 0. The second kappa shape index (κ2) is 4.13. The van der Waals surface area contributed by atoms with Crippen LogP contribution in [0.2, 0.25) is 0 Å². The number of nitrogens with one attached hydrogen (secondary N) is 1. The van der Waals surface area contributed by atoms with Gasteiger partial charge in [-0.05, 0) is 0 Å². The Morgan fingerprint density at radius 2 is 2.55 bits per heavy atom. The SMILES string of the molecule is C[I-]C[C@H]1CCCN1C(=N)N. The third kappa shape index (κ3) is 2.21. The quantitative estimate of drug-likeness (QED) is 0.244. The number of nitrogens with two attached hydrogens (primary N) is 1. The molecule has 3 N–H and O–H groups in total. The van der Waals surface area contributed by atoms with Crippen molar-refractivity contribution in [1.29, 1.82) is 5.41 Å². The van der Waals surface area contributed by atoms with E-state index in [9.17, 15) is 0 Å². The van der Waals surface area contributed by atoms with Crippen molar-refractivity contribution in [2.24, 2.45) is 5.73 Å². The van der Waals surface area contributed by atoms with Crippen LogP contribution in [0.3, 0.4) is 0 Å². The summed E-state index contributed by atoms with van der Waals surface area (Å²) >= 11 is 0.348. The molecule has 66 valence electrons. The maximum atomic E-state index is 7.32. The molecule has 1 fully saturated rings. The molecule has 0 saturated carbocycles. The summed E-state index contributed by atoms with van der Waals surface area (Å²) in [6, 6.07) is 0.602. The van der Waals surface area contributed by atoms with Crippen molar-refractivity contribution in [2.75, 3.05) is 15.9 Å². The predicted molar refractivity (Wildman–Crippen MR) is 42.4 cm³/mol. The van der Waals surface area contributed by atoms with Crippen LogP contribution in [0.4, 0.5) is 0 Å². The van der Waals surface area contributed by atoms with Gasteiger partial charge in [-0.3, -0.25) is 0 Å². The average molecular weight is 268 g/mol. The topological polar surface area (TPSA) is 53.1 Å². The first kappa shape index (κ1) is 9.09. The molecule has 1 aliphatic rings. The van der Waals surface area contributed by atoms with Gasteiger partial charge in [0.2, 0.25) is 0 Å². The fourth-order valence-electron chi connectivity index (χ4n) is 1.49. The van der Waals surface area contributed by atoms with Crippen molar-refractivity contribution < 1.29 is 21.2 Å². The normalized spacial score (nSPS) is 24.5. The van der Waals surface area contributed by atoms with Gasteiger partial charge in [0.25, 0.3) is 0 Å². The van der Waals surface area contributed by atoms with Crippen LogP contribution in [-0.2, 0) is 0 Å². The van der Waals surface area contributed by atoms with Gasteiger partial charge in [-0.25, -0.2) is 0 Å². The van der Waals surface area contributed by atoms with E-state index in [1.54, 1.807) is 0 Å². The molecule has 0 aromatic heterocycles. The number of hydrogen-bond acceptors (Lipinski definition) is 1. The first-order valence-electron chi connectivity index (χ1n) is 3.80. The first-order valence-corrected chi connectivity index (χ1v) is 7.48. The fraction of sp³-hybridized carbons (Fsp3) is 0.857. The van der Waals surface area contributed by atoms with Gasteiger partial charge in [-0.1, -0.05) is 0 Å². The monoisotopic (exact) mass is 268 g/mol. The van der Waals surface area contributed by atoms with Gasteiger partial charge in [0.15, 0.2) is 0 Å². The zero-order valence-electron chi connectivity index (χ0n) is 6.81. The Morgan fingerprint density at radius 3 is 3.09 bits per heavy atom. The van der Waals surface area contributed by atoms with Crippen LogP contribution in [0, 0.1) is 5.41 Å². The van der Waals surface area contributed by atoms with E-state index in [1.165, 1.54) is 17.3 Å². The van der Waals surface area contributed by atoms with Crippen molar-refractivity contribution >= 4 is 5.96 Å². The summed E-state index contributed by atoms with van der Waals surface area (Å²) in [5, 5.41) is 7.32. The molecule has 4 heteroatoms. The Hall–Kier alpha value is 0. The van der Waals surface area contributed by atoms with E-state index < -0.39 is 0 Å². The molecule has 0 aliphatic carbocycles. The third-order valence-electron chi connectivity index (χ3n) is 2.02. The molecular formula is C7H15IN3-. The molecule has 1 aliphatic heterocycles. The zero-order chi connectivity index (χ0) is 8.27. The standard InChI is InChI=1S/C7H15IN3/c1-8-5-6-3-2-4-11(6)7(9)10/h6H,2-5H2,1H3,(H3,9,10)/q-1/t6-/m1/s1. The summed E-state index contributed by atoms with van der Waals surface area (Å²) in [6.45, 7) is 1.00. The molecular weight excluding hydrogens is 253 g/mol. The van der Waals surface area contributed by atoms with E-state index in [0.29, 0.717) is 27.2 Å². The molecule has 3 nitrogen and oxygen atoms in total. The Balaban J connectivity index is 2.44. The van der Waals surface area contributed by atoms with E-state index in [2.05, 4.69) is 4.93 Å². The third-order valence-corrected chi connectivity index (χ3v) is 3.92. The summed E-state index contributed by atoms with van der Waals surface area (Å²) in [5.41, 5.74) is 5.44. The Bertz CT molecular complexity index is 149. The Morgan fingerprint density at radius 1 is 1.82 bits per heavy atom. The maximum absolute atomic E-state index is 7.32. The molecule has 1 rings (SSSR count). The molecule has 0 spiro atoms. The second-order valence-electron chi connectivity index (χ2n) is 2.80. The van der Waals surface area contributed by atoms with E-state index in [-0.39, 0.29) is 5.96 Å². The number of likely N-dealkylation sites (tertiary alicyclic amines) is 1. The fourth-order valence-corrected chi connectivity index (χ4v) is 3.42. The molecule has 0 aromatic carbocycles. The van der Waals surface area contributed by atoms with Crippen LogP contribution in [0.15, 0.2) is 0 Å². The Labute approximate surface area is 78.1 Å². The van der Waals surface area contributed by atoms with E-state index >= 15 is 0 Å². The van der Waals surface area contributed by atoms with Gasteiger partial charge in [-0.2, -0.15) is 0 Å². The van der Waals surface area contributed by atoms with Gasteiger partial charge in [-0.15, -0.1) is 0 Å². The first-order chi connectivity index (χ1) is 5.25. The van der Waals surface area contributed by atoms with Gasteiger partial charge in [0.1, 0.15) is 0 Å². The molecule has 0 amide bonds. The summed E-state index contributed by atoms with van der Waals surface area (Å²) in [4.78, 5) is 4.33. The molecule has 1 saturated heterocycles. The molecule has 1 heterocycles. The summed E-state index contributed by atoms with van der Waals surface area (Å²) < 4.78 is 1.29. The van der Waals surface area contributed by atoms with Crippen LogP contribution >= 0.6 is 0 Å². The number of halogens is 1. The average Bonchev–Trinajstić information content (AvgIpc) is 2.36. The zero-order valence-corrected chi connectivity index (χ0v) is 8.97. The van der Waals surface area contributed by atoms with Gasteiger partial charge < -0.3 is 0 Å². The van der Waals surface area contributed by atoms with Crippen molar-refractivity contribution in [1.82, 2.24) is 4.90 Å². The molecule has 11 heavy (non-hydrogen) atoms. The van der Waals surface area contributed by atoms with Crippen molar-refractivity contribution in [2.45, 2.75) is 18.9 Å². The van der Waals surface area contributed by atoms with Gasteiger partial charge in [0.05, 0.1) is 0 Å². The number of nitrogens with zero attached hydrogens (tertiary/aromatic N) is 1. The predicted octanol–water partition coefficient (Wildman–Crippen LogP) is -2.94. The van der Waals surface area contributed by atoms with E-state index in [1.807, 2.05) is 4.90 Å². The molecule has 1 atom stereocenters. The number of alkyl halides is 2. The van der Waals surface area contributed by atoms with Crippen LogP contribution in [0.25, 0.3) is 0 Å². The van der Waals surface area contributed by atoms with Crippen LogP contribution in [0.5, 0.6) is 0 Å². The molecule has 0 unspecified atom stereocenters. The van der Waals surface area contributed by atoms with Crippen molar-refractivity contribution in [3.05, 3.63) is 0 Å². The van der Waals surface area contributed by atoms with Crippen molar-refractivity contribution in [3.63, 3.8) is 0 Å². The van der Waals surface area contributed by atoms with E-state index in [0.717, 1.165) is 6.54 Å². The molecule has 0 radical (unpaired) electrons. The van der Waals surface area contributed by atoms with Gasteiger partial charge in [0, 0.05) is 0 Å². The number of guanidine groups is 1. The molecule has 0 aromatic rings. The minimum absolute atomic E-state index is 0.268. The minimum atomic E-state index is 0.268. The molecule has 0 bridgehead atoms. The van der Waals surface area contributed by atoms with Gasteiger partial charge >= 0.3 is 78.0 Å². The van der Waals surface area contributed by atoms with Crippen molar-refractivity contribution in [3.8, 4) is 0 Å². The van der Waals surface area contributed by atoms with E-state index in [4.69, 9.17) is 11.1 Å². The second-order valence-corrected chi connectivity index (χ2v) is 5.20. The number of hydrogen-bond donors (Lipinski definition) is 2. The Kier molecular flexibility index (Phi) is 3.42. The van der Waals surface area contributed by atoms with Crippen LogP contribution in [-0.4, -0.2) is 32.8 Å². The van der Waals surface area contributed by atoms with Crippen LogP contribution < -0.4 is 26.9 Å². The summed E-state index contributed by atoms with van der Waals surface area (Å²) in [6.07, 6.45) is 2.46. The number of rotatable bonds is 2. The van der Waals surface area contributed by atoms with Crippen LogP contribution in [0.1, 0.15) is 12.8 Å².